The lowest BCUT2D eigenvalue weighted by atomic mass is 10.2. The predicted octanol–water partition coefficient (Wildman–Crippen LogP) is 1.28. The molecule has 2 rings (SSSR count). The number of carbonyl (C=O) groups is 1. The van der Waals surface area contributed by atoms with E-state index in [-0.39, 0.29) is 12.5 Å². The summed E-state index contributed by atoms with van der Waals surface area (Å²) in [5.41, 5.74) is 0.740. The number of rotatable bonds is 4. The molecule has 0 aliphatic carbocycles. The van der Waals surface area contributed by atoms with Crippen molar-refractivity contribution in [2.24, 2.45) is 0 Å². The van der Waals surface area contributed by atoms with Gasteiger partial charge in [-0.05, 0) is 30.3 Å². The molecule has 0 aromatic carbocycles. The Kier molecular flexibility index (Phi) is 2.90. The van der Waals surface area contributed by atoms with E-state index >= 15 is 0 Å². The molecule has 0 radical (unpaired) electrons. The third-order valence-corrected chi connectivity index (χ3v) is 2.37. The Hall–Kier alpha value is -2.18. The number of carboxylic acid groups (broad SMARTS) is 1. The molecule has 2 aromatic heterocycles. The Labute approximate surface area is 97.0 Å². The van der Waals surface area contributed by atoms with E-state index in [0.29, 0.717) is 5.82 Å². The van der Waals surface area contributed by atoms with Gasteiger partial charge in [0.05, 0.1) is 18.0 Å². The number of furan rings is 1. The highest BCUT2D eigenvalue weighted by Gasteiger charge is 2.18. The fourth-order valence-corrected chi connectivity index (χ4v) is 1.58. The molecule has 1 N–H and O–H groups in total. The maximum atomic E-state index is 10.7. The summed E-state index contributed by atoms with van der Waals surface area (Å²) in [6.07, 6.45) is 1.51. The molecule has 1 atom stereocenters. The molecule has 17 heavy (non-hydrogen) atoms. The van der Waals surface area contributed by atoms with Gasteiger partial charge < -0.3 is 9.52 Å². The van der Waals surface area contributed by atoms with Gasteiger partial charge in [0.25, 0.3) is 0 Å². The maximum absolute atomic E-state index is 10.7. The van der Waals surface area contributed by atoms with Crippen LogP contribution in [0.25, 0.3) is 11.4 Å². The van der Waals surface area contributed by atoms with Crippen molar-refractivity contribution in [3.63, 3.8) is 0 Å². The summed E-state index contributed by atoms with van der Waals surface area (Å²) in [7, 11) is 0. The van der Waals surface area contributed by atoms with E-state index in [2.05, 4.69) is 15.5 Å². The van der Waals surface area contributed by atoms with Crippen molar-refractivity contribution in [2.45, 2.75) is 26.3 Å². The molecule has 0 saturated heterocycles. The first kappa shape index (κ1) is 11.3. The van der Waals surface area contributed by atoms with Crippen LogP contribution in [0.3, 0.4) is 0 Å². The van der Waals surface area contributed by atoms with Gasteiger partial charge in [0.2, 0.25) is 0 Å². The zero-order chi connectivity index (χ0) is 12.4. The predicted molar refractivity (Wildman–Crippen MR) is 57.2 cm³/mol. The minimum Gasteiger partial charge on any atom is -0.481 e. The summed E-state index contributed by atoms with van der Waals surface area (Å²) in [5.74, 6) is 0.373. The van der Waals surface area contributed by atoms with Gasteiger partial charge in [0.15, 0.2) is 5.82 Å². The van der Waals surface area contributed by atoms with E-state index in [1.165, 1.54) is 4.68 Å². The fourth-order valence-electron chi connectivity index (χ4n) is 1.58. The van der Waals surface area contributed by atoms with Gasteiger partial charge in [0, 0.05) is 0 Å². The number of aryl methyl sites for hydroxylation is 1. The average Bonchev–Trinajstić information content (AvgIpc) is 2.83. The quantitative estimate of drug-likeness (QED) is 0.859. The molecule has 7 nitrogen and oxygen atoms in total. The van der Waals surface area contributed by atoms with Crippen LogP contribution in [0.2, 0.25) is 0 Å². The molecular weight excluding hydrogens is 224 g/mol. The van der Waals surface area contributed by atoms with E-state index < -0.39 is 5.97 Å². The molecule has 2 heterocycles. The van der Waals surface area contributed by atoms with Crippen molar-refractivity contribution >= 4 is 5.97 Å². The number of tetrazole rings is 1. The van der Waals surface area contributed by atoms with Crippen LogP contribution in [-0.4, -0.2) is 31.3 Å². The van der Waals surface area contributed by atoms with Crippen molar-refractivity contribution in [2.75, 3.05) is 0 Å². The summed E-state index contributed by atoms with van der Waals surface area (Å²) in [4.78, 5) is 10.7. The van der Waals surface area contributed by atoms with Crippen LogP contribution in [0.15, 0.2) is 16.7 Å². The lowest BCUT2D eigenvalue weighted by Gasteiger charge is -2.09. The Morgan fingerprint density at radius 1 is 1.65 bits per heavy atom. The zero-order valence-electron chi connectivity index (χ0n) is 9.49. The average molecular weight is 236 g/mol. The summed E-state index contributed by atoms with van der Waals surface area (Å²) in [5, 5.41) is 20.0. The van der Waals surface area contributed by atoms with Gasteiger partial charge in [-0.3, -0.25) is 4.79 Å². The van der Waals surface area contributed by atoms with E-state index in [1.807, 2.05) is 6.92 Å². The minimum absolute atomic E-state index is 0.0329. The van der Waals surface area contributed by atoms with Crippen LogP contribution in [0.1, 0.15) is 25.1 Å². The highest BCUT2D eigenvalue weighted by atomic mass is 16.4. The maximum Gasteiger partial charge on any atom is 0.305 e. The smallest absolute Gasteiger partial charge is 0.305 e. The Morgan fingerprint density at radius 3 is 3.00 bits per heavy atom. The zero-order valence-corrected chi connectivity index (χ0v) is 9.49. The number of hydrogen-bond acceptors (Lipinski definition) is 5. The second-order valence-corrected chi connectivity index (χ2v) is 3.84. The number of aromatic nitrogens is 4. The molecule has 7 heteroatoms. The molecule has 0 aliphatic heterocycles. The van der Waals surface area contributed by atoms with Gasteiger partial charge in [-0.25, -0.2) is 4.68 Å². The van der Waals surface area contributed by atoms with E-state index in [0.717, 1.165) is 11.3 Å². The largest absolute Gasteiger partial charge is 0.481 e. The molecule has 0 bridgehead atoms. The van der Waals surface area contributed by atoms with Crippen LogP contribution >= 0.6 is 0 Å². The molecule has 2 aromatic rings. The lowest BCUT2D eigenvalue weighted by molar-refractivity contribution is -0.137. The number of aliphatic carboxylic acids is 1. The molecule has 0 fully saturated rings. The summed E-state index contributed by atoms with van der Waals surface area (Å²) >= 11 is 0. The minimum atomic E-state index is -0.887. The number of hydrogen-bond donors (Lipinski definition) is 1. The normalized spacial score (nSPS) is 12.6. The fraction of sp³-hybridized carbons (Fsp3) is 0.400. The number of carboxylic acids is 1. The van der Waals surface area contributed by atoms with Crippen molar-refractivity contribution in [3.8, 4) is 11.4 Å². The van der Waals surface area contributed by atoms with Crippen LogP contribution in [0, 0.1) is 6.92 Å². The van der Waals surface area contributed by atoms with Crippen LogP contribution in [-0.2, 0) is 4.79 Å². The summed E-state index contributed by atoms with van der Waals surface area (Å²) in [6.45, 7) is 3.57. The lowest BCUT2D eigenvalue weighted by Crippen LogP contribution is -2.13. The third-order valence-electron chi connectivity index (χ3n) is 2.37. The van der Waals surface area contributed by atoms with E-state index in [9.17, 15) is 4.79 Å². The standard InChI is InChI=1S/C10H12N4O3/c1-6(3-9(15)16)14-10(11-12-13-14)8-4-7(2)17-5-8/h4-6H,3H2,1-2H3,(H,15,16). The van der Waals surface area contributed by atoms with E-state index in [4.69, 9.17) is 9.52 Å². The van der Waals surface area contributed by atoms with Gasteiger partial charge >= 0.3 is 5.97 Å². The topological polar surface area (TPSA) is 94.0 Å². The molecule has 90 valence electrons. The van der Waals surface area contributed by atoms with Crippen LogP contribution < -0.4 is 0 Å². The Bertz CT molecular complexity index is 531. The summed E-state index contributed by atoms with van der Waals surface area (Å²) in [6, 6.07) is 1.49. The van der Waals surface area contributed by atoms with Crippen molar-refractivity contribution in [1.82, 2.24) is 20.2 Å². The van der Waals surface area contributed by atoms with E-state index in [1.54, 1.807) is 19.3 Å². The van der Waals surface area contributed by atoms with Gasteiger partial charge in [0.1, 0.15) is 12.0 Å². The van der Waals surface area contributed by atoms with Gasteiger partial charge in [-0.1, -0.05) is 0 Å². The van der Waals surface area contributed by atoms with Crippen molar-refractivity contribution in [3.05, 3.63) is 18.1 Å². The SMILES string of the molecule is Cc1cc(-c2nnnn2C(C)CC(=O)O)co1. The first-order valence-corrected chi connectivity index (χ1v) is 5.13. The third kappa shape index (κ3) is 2.32. The molecule has 0 saturated carbocycles. The molecule has 0 aliphatic rings. The molecule has 0 spiro atoms. The summed E-state index contributed by atoms with van der Waals surface area (Å²) < 4.78 is 6.66. The number of nitrogens with zero attached hydrogens (tertiary/aromatic N) is 4. The monoisotopic (exact) mass is 236 g/mol. The molecule has 1 unspecified atom stereocenters. The Balaban J connectivity index is 2.31. The highest BCUT2D eigenvalue weighted by Crippen LogP contribution is 2.22. The van der Waals surface area contributed by atoms with Crippen molar-refractivity contribution < 1.29 is 14.3 Å². The Morgan fingerprint density at radius 2 is 2.41 bits per heavy atom. The molecule has 0 amide bonds. The second-order valence-electron chi connectivity index (χ2n) is 3.84. The van der Waals surface area contributed by atoms with Crippen molar-refractivity contribution in [1.29, 1.82) is 0 Å². The molecular formula is C10H12N4O3. The van der Waals surface area contributed by atoms with Gasteiger partial charge in [-0.15, -0.1) is 5.10 Å². The van der Waals surface area contributed by atoms with Crippen LogP contribution in [0.5, 0.6) is 0 Å². The van der Waals surface area contributed by atoms with Crippen LogP contribution in [0.4, 0.5) is 0 Å². The first-order chi connectivity index (χ1) is 8.08. The second kappa shape index (κ2) is 4.36. The highest BCUT2D eigenvalue weighted by molar-refractivity contribution is 5.67. The first-order valence-electron chi connectivity index (χ1n) is 5.13. The van der Waals surface area contributed by atoms with Gasteiger partial charge in [-0.2, -0.15) is 0 Å².